The SMILES string of the molecule is CCCn1cc(S(=O)(=O)NCCNC2CC2)nc1C. The standard InChI is InChI=1S/C12H22N4O2S/c1-3-8-16-9-12(15-10(16)2)19(17,18)14-7-6-13-11-4-5-11/h9,11,13-14H,3-8H2,1-2H3. The van der Waals surface area contributed by atoms with Crippen LogP contribution in [-0.4, -0.2) is 37.1 Å². The van der Waals surface area contributed by atoms with Crippen molar-refractivity contribution in [3.05, 3.63) is 12.0 Å². The molecule has 1 aliphatic rings. The second kappa shape index (κ2) is 6.02. The third-order valence-electron chi connectivity index (χ3n) is 3.12. The molecule has 1 heterocycles. The highest BCUT2D eigenvalue weighted by molar-refractivity contribution is 7.89. The number of hydrogen-bond donors (Lipinski definition) is 2. The first-order chi connectivity index (χ1) is 9.03. The molecule has 0 aromatic carbocycles. The van der Waals surface area contributed by atoms with E-state index in [0.717, 1.165) is 18.8 Å². The Bertz CT molecular complexity index is 520. The minimum atomic E-state index is -3.48. The van der Waals surface area contributed by atoms with E-state index in [9.17, 15) is 8.42 Å². The zero-order chi connectivity index (χ0) is 13.9. The van der Waals surface area contributed by atoms with Gasteiger partial charge in [-0.25, -0.2) is 18.1 Å². The molecular formula is C12H22N4O2S. The molecule has 2 N–H and O–H groups in total. The highest BCUT2D eigenvalue weighted by Gasteiger charge is 2.21. The smallest absolute Gasteiger partial charge is 0.259 e. The highest BCUT2D eigenvalue weighted by Crippen LogP contribution is 2.17. The van der Waals surface area contributed by atoms with E-state index in [-0.39, 0.29) is 5.03 Å². The van der Waals surface area contributed by atoms with Gasteiger partial charge < -0.3 is 9.88 Å². The van der Waals surface area contributed by atoms with Crippen LogP contribution < -0.4 is 10.0 Å². The first kappa shape index (κ1) is 14.5. The van der Waals surface area contributed by atoms with Crippen LogP contribution in [-0.2, 0) is 16.6 Å². The Labute approximate surface area is 114 Å². The fraction of sp³-hybridized carbons (Fsp3) is 0.750. The number of rotatable bonds is 8. The van der Waals surface area contributed by atoms with Crippen molar-refractivity contribution in [3.63, 3.8) is 0 Å². The zero-order valence-corrected chi connectivity index (χ0v) is 12.3. The van der Waals surface area contributed by atoms with E-state index in [1.54, 1.807) is 6.20 Å². The summed E-state index contributed by atoms with van der Waals surface area (Å²) in [5, 5.41) is 3.38. The molecule has 0 radical (unpaired) electrons. The van der Waals surface area contributed by atoms with Gasteiger partial charge in [0.15, 0.2) is 5.03 Å². The van der Waals surface area contributed by atoms with Gasteiger partial charge in [0.1, 0.15) is 5.82 Å². The van der Waals surface area contributed by atoms with E-state index in [0.29, 0.717) is 19.1 Å². The van der Waals surface area contributed by atoms with Crippen LogP contribution in [0.4, 0.5) is 0 Å². The summed E-state index contributed by atoms with van der Waals surface area (Å²) in [5.41, 5.74) is 0. The topological polar surface area (TPSA) is 76.0 Å². The summed E-state index contributed by atoms with van der Waals surface area (Å²) in [7, 11) is -3.48. The molecule has 19 heavy (non-hydrogen) atoms. The predicted molar refractivity (Wildman–Crippen MR) is 73.5 cm³/mol. The molecule has 0 unspecified atom stereocenters. The molecule has 0 saturated heterocycles. The summed E-state index contributed by atoms with van der Waals surface area (Å²) < 4.78 is 28.5. The molecule has 1 aliphatic carbocycles. The Kier molecular flexibility index (Phi) is 4.59. The molecule has 1 saturated carbocycles. The van der Waals surface area contributed by atoms with Crippen LogP contribution in [0.5, 0.6) is 0 Å². The number of nitrogens with zero attached hydrogens (tertiary/aromatic N) is 2. The Morgan fingerprint density at radius 1 is 1.42 bits per heavy atom. The summed E-state index contributed by atoms with van der Waals surface area (Å²) in [6.07, 6.45) is 4.96. The van der Waals surface area contributed by atoms with Crippen molar-refractivity contribution >= 4 is 10.0 Å². The van der Waals surface area contributed by atoms with Crippen LogP contribution in [0, 0.1) is 6.92 Å². The monoisotopic (exact) mass is 286 g/mol. The second-order valence-electron chi connectivity index (χ2n) is 4.95. The van der Waals surface area contributed by atoms with Gasteiger partial charge in [-0.15, -0.1) is 0 Å². The molecular weight excluding hydrogens is 264 g/mol. The van der Waals surface area contributed by atoms with Gasteiger partial charge in [0.25, 0.3) is 10.0 Å². The molecule has 7 heteroatoms. The van der Waals surface area contributed by atoms with E-state index in [2.05, 4.69) is 21.9 Å². The average molecular weight is 286 g/mol. The molecule has 1 fully saturated rings. The maximum atomic E-state index is 12.0. The van der Waals surface area contributed by atoms with Crippen molar-refractivity contribution in [2.75, 3.05) is 13.1 Å². The van der Waals surface area contributed by atoms with Crippen molar-refractivity contribution in [2.24, 2.45) is 0 Å². The molecule has 0 atom stereocenters. The first-order valence-corrected chi connectivity index (χ1v) is 8.28. The minimum absolute atomic E-state index is 0.116. The molecule has 0 bridgehead atoms. The average Bonchev–Trinajstić information content (AvgIpc) is 3.10. The number of nitrogens with one attached hydrogen (secondary N) is 2. The number of imidazole rings is 1. The maximum absolute atomic E-state index is 12.0. The van der Waals surface area contributed by atoms with Gasteiger partial charge in [-0.3, -0.25) is 0 Å². The van der Waals surface area contributed by atoms with E-state index >= 15 is 0 Å². The van der Waals surface area contributed by atoms with Crippen molar-refractivity contribution in [2.45, 2.75) is 50.7 Å². The summed E-state index contributed by atoms with van der Waals surface area (Å²) in [5.74, 6) is 0.735. The van der Waals surface area contributed by atoms with Gasteiger partial charge in [0.2, 0.25) is 0 Å². The lowest BCUT2D eigenvalue weighted by Crippen LogP contribution is -2.32. The number of aryl methyl sites for hydroxylation is 2. The first-order valence-electron chi connectivity index (χ1n) is 6.79. The Morgan fingerprint density at radius 3 is 2.79 bits per heavy atom. The predicted octanol–water partition coefficient (Wildman–Crippen LogP) is 0.632. The van der Waals surface area contributed by atoms with Gasteiger partial charge >= 0.3 is 0 Å². The molecule has 0 amide bonds. The van der Waals surface area contributed by atoms with Crippen LogP contribution in [0.15, 0.2) is 11.2 Å². The van der Waals surface area contributed by atoms with Crippen molar-refractivity contribution < 1.29 is 8.42 Å². The lowest BCUT2D eigenvalue weighted by molar-refractivity contribution is 0.572. The Balaban J connectivity index is 1.91. The molecule has 108 valence electrons. The molecule has 2 rings (SSSR count). The summed E-state index contributed by atoms with van der Waals surface area (Å²) in [4.78, 5) is 4.12. The fourth-order valence-corrected chi connectivity index (χ4v) is 2.94. The molecule has 6 nitrogen and oxygen atoms in total. The maximum Gasteiger partial charge on any atom is 0.259 e. The summed E-state index contributed by atoms with van der Waals surface area (Å²) in [6, 6.07) is 0.593. The normalized spacial score (nSPS) is 15.9. The zero-order valence-electron chi connectivity index (χ0n) is 11.5. The van der Waals surface area contributed by atoms with E-state index in [4.69, 9.17) is 0 Å². The van der Waals surface area contributed by atoms with E-state index in [1.807, 2.05) is 11.5 Å². The number of sulfonamides is 1. The summed E-state index contributed by atoms with van der Waals surface area (Å²) >= 11 is 0. The molecule has 1 aromatic rings. The van der Waals surface area contributed by atoms with Gasteiger partial charge in [-0.05, 0) is 26.2 Å². The van der Waals surface area contributed by atoms with Crippen LogP contribution in [0.25, 0.3) is 0 Å². The third-order valence-corrected chi connectivity index (χ3v) is 4.45. The van der Waals surface area contributed by atoms with Crippen molar-refractivity contribution in [1.29, 1.82) is 0 Å². The van der Waals surface area contributed by atoms with Crippen molar-refractivity contribution in [3.8, 4) is 0 Å². The van der Waals surface area contributed by atoms with E-state index in [1.165, 1.54) is 12.8 Å². The summed E-state index contributed by atoms with van der Waals surface area (Å²) in [6.45, 7) is 5.73. The second-order valence-corrected chi connectivity index (χ2v) is 6.66. The lowest BCUT2D eigenvalue weighted by Gasteiger charge is -2.04. The molecule has 0 aliphatic heterocycles. The highest BCUT2D eigenvalue weighted by atomic mass is 32.2. The van der Waals surface area contributed by atoms with Crippen LogP contribution in [0.3, 0.4) is 0 Å². The van der Waals surface area contributed by atoms with E-state index < -0.39 is 10.0 Å². The minimum Gasteiger partial charge on any atom is -0.334 e. The molecule has 0 spiro atoms. The molecule has 1 aromatic heterocycles. The van der Waals surface area contributed by atoms with Gasteiger partial charge in [-0.1, -0.05) is 6.92 Å². The van der Waals surface area contributed by atoms with Crippen LogP contribution in [0.1, 0.15) is 32.0 Å². The van der Waals surface area contributed by atoms with Crippen LogP contribution in [0.2, 0.25) is 0 Å². The number of aromatic nitrogens is 2. The van der Waals surface area contributed by atoms with Gasteiger partial charge in [0.05, 0.1) is 0 Å². The number of hydrogen-bond acceptors (Lipinski definition) is 4. The largest absolute Gasteiger partial charge is 0.334 e. The quantitative estimate of drug-likeness (QED) is 0.687. The fourth-order valence-electron chi connectivity index (χ4n) is 1.90. The van der Waals surface area contributed by atoms with Crippen molar-refractivity contribution in [1.82, 2.24) is 19.6 Å². The third kappa shape index (κ3) is 4.02. The van der Waals surface area contributed by atoms with Gasteiger partial charge in [-0.2, -0.15) is 0 Å². The Hall–Kier alpha value is -0.920. The lowest BCUT2D eigenvalue weighted by atomic mass is 10.5. The Morgan fingerprint density at radius 2 is 2.16 bits per heavy atom. The van der Waals surface area contributed by atoms with Gasteiger partial charge in [0, 0.05) is 31.9 Å². The van der Waals surface area contributed by atoms with Crippen LogP contribution >= 0.6 is 0 Å².